The lowest BCUT2D eigenvalue weighted by molar-refractivity contribution is 0.111. The summed E-state index contributed by atoms with van der Waals surface area (Å²) in [5.41, 5.74) is 1.32. The number of halogens is 1. The van der Waals surface area contributed by atoms with Gasteiger partial charge in [-0.05, 0) is 24.3 Å². The summed E-state index contributed by atoms with van der Waals surface area (Å²) in [6.07, 6.45) is 0.746. The molecular weight excluding hydrogens is 348 g/mol. The van der Waals surface area contributed by atoms with Crippen LogP contribution in [0.25, 0.3) is 11.4 Å². The molecule has 0 amide bonds. The smallest absolute Gasteiger partial charge is 0.264 e. The molecule has 1 aromatic heterocycles. The van der Waals surface area contributed by atoms with E-state index >= 15 is 0 Å². The summed E-state index contributed by atoms with van der Waals surface area (Å²) in [7, 11) is 0. The number of aromatic nitrogens is 2. The molecule has 0 saturated carbocycles. The van der Waals surface area contributed by atoms with Crippen LogP contribution in [-0.2, 0) is 6.61 Å². The van der Waals surface area contributed by atoms with Gasteiger partial charge in [0, 0.05) is 10.0 Å². The summed E-state index contributed by atoms with van der Waals surface area (Å²) in [6, 6.07) is 14.6. The van der Waals surface area contributed by atoms with Crippen molar-refractivity contribution in [3.8, 4) is 17.1 Å². The Balaban J connectivity index is 1.75. The molecule has 0 N–H and O–H groups in total. The minimum absolute atomic E-state index is 0.0995. The highest BCUT2D eigenvalue weighted by molar-refractivity contribution is 9.10. The Labute approximate surface area is 135 Å². The fourth-order valence-electron chi connectivity index (χ4n) is 1.91. The number of benzene rings is 2. The molecule has 0 fully saturated rings. The molecule has 0 aliphatic rings. The maximum atomic E-state index is 10.9. The van der Waals surface area contributed by atoms with Gasteiger partial charge in [0.1, 0.15) is 5.75 Å². The third-order valence-corrected chi connectivity index (χ3v) is 3.67. The van der Waals surface area contributed by atoms with Gasteiger partial charge in [0.2, 0.25) is 5.82 Å². The summed E-state index contributed by atoms with van der Waals surface area (Å²) >= 11 is 3.45. The maximum Gasteiger partial charge on any atom is 0.264 e. The predicted molar refractivity (Wildman–Crippen MR) is 83.6 cm³/mol. The molecule has 0 bridgehead atoms. The third-order valence-electron chi connectivity index (χ3n) is 2.98. The first-order valence-corrected chi connectivity index (χ1v) is 7.31. The number of para-hydroxylation sites is 1. The second kappa shape index (κ2) is 6.53. The van der Waals surface area contributed by atoms with Crippen molar-refractivity contribution in [2.45, 2.75) is 6.61 Å². The molecule has 0 atom stereocenters. The van der Waals surface area contributed by atoms with Gasteiger partial charge in [-0.25, -0.2) is 0 Å². The van der Waals surface area contributed by atoms with Crippen LogP contribution in [0.5, 0.6) is 5.75 Å². The van der Waals surface area contributed by atoms with E-state index in [1.165, 1.54) is 0 Å². The van der Waals surface area contributed by atoms with Crippen LogP contribution in [0.1, 0.15) is 16.2 Å². The van der Waals surface area contributed by atoms with E-state index in [2.05, 4.69) is 26.1 Å². The molecule has 1 heterocycles. The second-order valence-electron chi connectivity index (χ2n) is 4.44. The molecule has 2 aromatic carbocycles. The highest BCUT2D eigenvalue weighted by atomic mass is 79.9. The molecule has 22 heavy (non-hydrogen) atoms. The predicted octanol–water partition coefficient (Wildman–Crippen LogP) is 3.89. The highest BCUT2D eigenvalue weighted by Gasteiger charge is 2.12. The second-order valence-corrected chi connectivity index (χ2v) is 5.29. The number of rotatable bonds is 5. The average Bonchev–Trinajstić information content (AvgIpc) is 3.02. The van der Waals surface area contributed by atoms with E-state index in [0.29, 0.717) is 23.0 Å². The summed E-state index contributed by atoms with van der Waals surface area (Å²) in [5, 5.41) is 3.94. The number of carbonyl (C=O) groups is 1. The van der Waals surface area contributed by atoms with Crippen LogP contribution < -0.4 is 4.74 Å². The first kappa shape index (κ1) is 14.5. The number of nitrogens with zero attached hydrogens (tertiary/aromatic N) is 2. The molecule has 6 heteroatoms. The Kier molecular flexibility index (Phi) is 4.29. The minimum atomic E-state index is 0.0995. The third kappa shape index (κ3) is 3.07. The van der Waals surface area contributed by atoms with Crippen LogP contribution in [0.2, 0.25) is 0 Å². The van der Waals surface area contributed by atoms with Crippen molar-refractivity contribution in [3.63, 3.8) is 0 Å². The molecule has 0 unspecified atom stereocenters. The molecule has 0 saturated heterocycles. The normalized spacial score (nSPS) is 10.4. The Hall–Kier alpha value is -2.47. The quantitative estimate of drug-likeness (QED) is 0.647. The van der Waals surface area contributed by atoms with E-state index in [0.717, 1.165) is 16.3 Å². The lowest BCUT2D eigenvalue weighted by atomic mass is 10.2. The van der Waals surface area contributed by atoms with E-state index in [1.54, 1.807) is 24.3 Å². The van der Waals surface area contributed by atoms with Gasteiger partial charge in [0.05, 0.1) is 5.56 Å². The van der Waals surface area contributed by atoms with Crippen LogP contribution in [0.4, 0.5) is 0 Å². The molecule has 0 spiro atoms. The number of ether oxygens (including phenoxy) is 1. The van der Waals surface area contributed by atoms with E-state index in [-0.39, 0.29) is 6.61 Å². The number of aldehydes is 1. The molecule has 110 valence electrons. The van der Waals surface area contributed by atoms with E-state index in [4.69, 9.17) is 9.26 Å². The van der Waals surface area contributed by atoms with Crippen LogP contribution in [0.15, 0.2) is 57.5 Å². The van der Waals surface area contributed by atoms with Crippen molar-refractivity contribution in [2.24, 2.45) is 0 Å². The van der Waals surface area contributed by atoms with Gasteiger partial charge in [-0.2, -0.15) is 4.98 Å². The summed E-state index contributed by atoms with van der Waals surface area (Å²) in [5.74, 6) is 1.30. The lowest BCUT2D eigenvalue weighted by Gasteiger charge is -2.04. The lowest BCUT2D eigenvalue weighted by Crippen LogP contribution is -1.98. The molecule has 0 aliphatic heterocycles. The standard InChI is InChI=1S/C16H11BrN2O3/c17-13-7-3-2-6-12(13)16-18-15(22-19-16)10-21-14-8-4-1-5-11(14)9-20/h1-9H,10H2. The maximum absolute atomic E-state index is 10.9. The van der Waals surface area contributed by atoms with Crippen molar-refractivity contribution >= 4 is 22.2 Å². The molecule has 3 rings (SSSR count). The van der Waals surface area contributed by atoms with Crippen molar-refractivity contribution in [3.05, 3.63) is 64.5 Å². The molecule has 3 aromatic rings. The summed E-state index contributed by atoms with van der Waals surface area (Å²) < 4.78 is 11.6. The minimum Gasteiger partial charge on any atom is -0.483 e. The fourth-order valence-corrected chi connectivity index (χ4v) is 2.38. The molecule has 5 nitrogen and oxygen atoms in total. The highest BCUT2D eigenvalue weighted by Crippen LogP contribution is 2.25. The van der Waals surface area contributed by atoms with Crippen LogP contribution in [0.3, 0.4) is 0 Å². The Morgan fingerprint density at radius 2 is 1.91 bits per heavy atom. The van der Waals surface area contributed by atoms with Crippen molar-refractivity contribution < 1.29 is 14.1 Å². The van der Waals surface area contributed by atoms with E-state index in [1.807, 2.05) is 24.3 Å². The van der Waals surface area contributed by atoms with Gasteiger partial charge in [-0.3, -0.25) is 4.79 Å². The fraction of sp³-hybridized carbons (Fsp3) is 0.0625. The Bertz CT molecular complexity index is 801. The van der Waals surface area contributed by atoms with Gasteiger partial charge in [-0.15, -0.1) is 0 Å². The topological polar surface area (TPSA) is 65.2 Å². The molecule has 0 radical (unpaired) electrons. The van der Waals surface area contributed by atoms with Gasteiger partial charge in [0.15, 0.2) is 12.9 Å². The largest absolute Gasteiger partial charge is 0.483 e. The van der Waals surface area contributed by atoms with Gasteiger partial charge in [-0.1, -0.05) is 45.4 Å². The molecule has 0 aliphatic carbocycles. The van der Waals surface area contributed by atoms with Gasteiger partial charge in [0.25, 0.3) is 5.89 Å². The van der Waals surface area contributed by atoms with Crippen molar-refractivity contribution in [2.75, 3.05) is 0 Å². The van der Waals surface area contributed by atoms with Crippen molar-refractivity contribution in [1.29, 1.82) is 0 Å². The first-order valence-electron chi connectivity index (χ1n) is 6.52. The van der Waals surface area contributed by atoms with Crippen LogP contribution >= 0.6 is 15.9 Å². The first-order chi connectivity index (χ1) is 10.8. The monoisotopic (exact) mass is 358 g/mol. The van der Waals surface area contributed by atoms with Crippen LogP contribution in [0, 0.1) is 0 Å². The Morgan fingerprint density at radius 3 is 2.73 bits per heavy atom. The number of hydrogen-bond acceptors (Lipinski definition) is 5. The van der Waals surface area contributed by atoms with Gasteiger partial charge >= 0.3 is 0 Å². The van der Waals surface area contributed by atoms with Crippen molar-refractivity contribution in [1.82, 2.24) is 10.1 Å². The summed E-state index contributed by atoms with van der Waals surface area (Å²) in [4.78, 5) is 15.2. The van der Waals surface area contributed by atoms with Crippen LogP contribution in [-0.4, -0.2) is 16.4 Å². The SMILES string of the molecule is O=Cc1ccccc1OCc1nc(-c2ccccc2Br)no1. The molecular formula is C16H11BrN2O3. The number of hydrogen-bond donors (Lipinski definition) is 0. The zero-order chi connectivity index (χ0) is 15.4. The van der Waals surface area contributed by atoms with E-state index < -0.39 is 0 Å². The Morgan fingerprint density at radius 1 is 1.14 bits per heavy atom. The summed E-state index contributed by atoms with van der Waals surface area (Å²) in [6.45, 7) is 0.0995. The zero-order valence-corrected chi connectivity index (χ0v) is 13.0. The van der Waals surface area contributed by atoms with Gasteiger partial charge < -0.3 is 9.26 Å². The zero-order valence-electron chi connectivity index (χ0n) is 11.4. The average molecular weight is 359 g/mol. The number of carbonyl (C=O) groups excluding carboxylic acids is 1. The van der Waals surface area contributed by atoms with E-state index in [9.17, 15) is 4.79 Å².